The molecule has 8 heteroatoms. The number of carbonyl (C=O) groups is 1. The zero-order valence-corrected chi connectivity index (χ0v) is 13.7. The number of benzene rings is 1. The van der Waals surface area contributed by atoms with Crippen LogP contribution in [-0.2, 0) is 5.88 Å². The Labute approximate surface area is 141 Å². The van der Waals surface area contributed by atoms with Crippen molar-refractivity contribution in [2.24, 2.45) is 0 Å². The minimum Gasteiger partial charge on any atom is -0.477 e. The van der Waals surface area contributed by atoms with E-state index in [1.807, 2.05) is 10.6 Å². The molecule has 2 aliphatic rings. The van der Waals surface area contributed by atoms with Crippen LogP contribution in [0.3, 0.4) is 0 Å². The topological polar surface area (TPSA) is 74.6 Å². The third-order valence-corrected chi connectivity index (χ3v) is 5.68. The predicted octanol–water partition coefficient (Wildman–Crippen LogP) is 1.83. The fraction of sp³-hybridized carbons (Fsp3) is 0.333. The quantitative estimate of drug-likeness (QED) is 0.859. The first-order valence-corrected chi connectivity index (χ1v) is 8.66. The van der Waals surface area contributed by atoms with Gasteiger partial charge in [-0.25, -0.2) is 4.79 Å². The Kier molecular flexibility index (Phi) is 3.51. The highest BCUT2D eigenvalue weighted by molar-refractivity contribution is 7.99. The molecular formula is C15H14ClN3O3S. The van der Waals surface area contributed by atoms with Crippen LogP contribution in [0.15, 0.2) is 22.0 Å². The molecule has 1 aromatic carbocycles. The van der Waals surface area contributed by atoms with Crippen molar-refractivity contribution in [3.8, 4) is 0 Å². The standard InChI is InChI=1S/C15H14ClN3O3S/c16-9-5-8-10(6-11(9)18-3-1-17-2-4-18)19-7-23-14(19)12(13(8)20)15(21)22/h5-6,17H,1-4,7H2,(H,21,22). The lowest BCUT2D eigenvalue weighted by Crippen LogP contribution is -2.43. The number of carboxylic acids is 1. The molecule has 120 valence electrons. The summed E-state index contributed by atoms with van der Waals surface area (Å²) in [6.07, 6.45) is 0. The van der Waals surface area contributed by atoms with E-state index >= 15 is 0 Å². The van der Waals surface area contributed by atoms with Crippen LogP contribution in [0.5, 0.6) is 0 Å². The Morgan fingerprint density at radius 2 is 2.04 bits per heavy atom. The van der Waals surface area contributed by atoms with Crippen molar-refractivity contribution >= 4 is 45.9 Å². The van der Waals surface area contributed by atoms with E-state index in [2.05, 4.69) is 10.2 Å². The Morgan fingerprint density at radius 3 is 2.65 bits per heavy atom. The third-order valence-electron chi connectivity index (χ3n) is 4.29. The number of halogens is 1. The third kappa shape index (κ3) is 2.22. The zero-order chi connectivity index (χ0) is 16.1. The number of pyridine rings is 1. The number of hydrogen-bond acceptors (Lipinski definition) is 5. The Hall–Kier alpha value is -1.70. The number of piperazine rings is 1. The lowest BCUT2D eigenvalue weighted by atomic mass is 10.1. The average molecular weight is 352 g/mol. The van der Waals surface area contributed by atoms with E-state index in [0.717, 1.165) is 37.4 Å². The summed E-state index contributed by atoms with van der Waals surface area (Å²) in [6, 6.07) is 3.53. The fourth-order valence-electron chi connectivity index (χ4n) is 3.10. The number of nitrogens with zero attached hydrogens (tertiary/aromatic N) is 2. The van der Waals surface area contributed by atoms with Crippen molar-refractivity contribution in [1.82, 2.24) is 9.88 Å². The predicted molar refractivity (Wildman–Crippen MR) is 91.1 cm³/mol. The molecule has 6 nitrogen and oxygen atoms in total. The molecule has 1 saturated heterocycles. The van der Waals surface area contributed by atoms with Gasteiger partial charge in [-0.1, -0.05) is 23.4 Å². The van der Waals surface area contributed by atoms with Crippen molar-refractivity contribution in [1.29, 1.82) is 0 Å². The second-order valence-electron chi connectivity index (χ2n) is 5.57. The van der Waals surface area contributed by atoms with Crippen molar-refractivity contribution in [2.75, 3.05) is 31.1 Å². The summed E-state index contributed by atoms with van der Waals surface area (Å²) >= 11 is 7.77. The maximum absolute atomic E-state index is 12.5. The molecule has 0 amide bonds. The summed E-state index contributed by atoms with van der Waals surface area (Å²) in [4.78, 5) is 26.1. The van der Waals surface area contributed by atoms with E-state index in [1.54, 1.807) is 6.07 Å². The minimum absolute atomic E-state index is 0.153. The molecule has 1 fully saturated rings. The van der Waals surface area contributed by atoms with Crippen molar-refractivity contribution in [3.63, 3.8) is 0 Å². The van der Waals surface area contributed by atoms with Crippen molar-refractivity contribution < 1.29 is 9.90 Å². The SMILES string of the molecule is O=C(O)c1c2n(c3cc(N4CCNCC4)c(Cl)cc3c1=O)CS2. The van der Waals surface area contributed by atoms with Gasteiger partial charge in [-0.05, 0) is 12.1 Å². The van der Waals surface area contributed by atoms with Crippen molar-refractivity contribution in [2.45, 2.75) is 10.9 Å². The maximum Gasteiger partial charge on any atom is 0.342 e. The van der Waals surface area contributed by atoms with Gasteiger partial charge < -0.3 is 19.9 Å². The lowest BCUT2D eigenvalue weighted by Gasteiger charge is -2.31. The number of fused-ring (bicyclic) bond motifs is 3. The molecule has 0 bridgehead atoms. The number of aromatic carboxylic acids is 1. The summed E-state index contributed by atoms with van der Waals surface area (Å²) in [5, 5.41) is 14.0. The van der Waals surface area contributed by atoms with Crippen LogP contribution in [0.2, 0.25) is 5.02 Å². The summed E-state index contributed by atoms with van der Waals surface area (Å²) in [5.74, 6) is -0.537. The lowest BCUT2D eigenvalue weighted by molar-refractivity contribution is 0.0689. The van der Waals surface area contributed by atoms with Crippen LogP contribution >= 0.6 is 23.4 Å². The van der Waals surface area contributed by atoms with Gasteiger partial charge in [0.25, 0.3) is 0 Å². The smallest absolute Gasteiger partial charge is 0.342 e. The van der Waals surface area contributed by atoms with Gasteiger partial charge in [0.05, 0.1) is 27.1 Å². The molecule has 0 saturated carbocycles. The largest absolute Gasteiger partial charge is 0.477 e. The van der Waals surface area contributed by atoms with Gasteiger partial charge >= 0.3 is 5.97 Å². The van der Waals surface area contributed by atoms with Crippen LogP contribution in [0.1, 0.15) is 10.4 Å². The van der Waals surface area contributed by atoms with Gasteiger partial charge in [0.15, 0.2) is 0 Å². The number of nitrogens with one attached hydrogen (secondary N) is 1. The summed E-state index contributed by atoms with van der Waals surface area (Å²) in [7, 11) is 0. The highest BCUT2D eigenvalue weighted by atomic mass is 35.5. The second kappa shape index (κ2) is 5.43. The van der Waals surface area contributed by atoms with E-state index < -0.39 is 11.4 Å². The molecule has 4 rings (SSSR count). The Bertz CT molecular complexity index is 890. The van der Waals surface area contributed by atoms with E-state index in [0.29, 0.717) is 21.3 Å². The molecule has 1 aromatic heterocycles. The summed E-state index contributed by atoms with van der Waals surface area (Å²) in [6.45, 7) is 3.48. The first kappa shape index (κ1) is 14.9. The number of aromatic nitrogens is 1. The first-order valence-electron chi connectivity index (χ1n) is 7.29. The number of carboxylic acid groups (broad SMARTS) is 1. The number of hydrogen-bond donors (Lipinski definition) is 2. The van der Waals surface area contributed by atoms with Gasteiger partial charge in [0, 0.05) is 31.6 Å². The molecule has 0 aliphatic carbocycles. The number of thioether (sulfide) groups is 1. The van der Waals surface area contributed by atoms with E-state index in [1.165, 1.54) is 11.8 Å². The fourth-order valence-corrected chi connectivity index (χ4v) is 4.34. The monoisotopic (exact) mass is 351 g/mol. The van der Waals surface area contributed by atoms with Gasteiger partial charge in [0.1, 0.15) is 5.56 Å². The highest BCUT2D eigenvalue weighted by Gasteiger charge is 2.28. The van der Waals surface area contributed by atoms with Crippen LogP contribution in [0, 0.1) is 0 Å². The molecule has 0 radical (unpaired) electrons. The molecule has 2 aliphatic heterocycles. The second-order valence-corrected chi connectivity index (χ2v) is 6.91. The molecule has 2 aromatic rings. The molecule has 23 heavy (non-hydrogen) atoms. The average Bonchev–Trinajstić information content (AvgIpc) is 2.51. The molecular weight excluding hydrogens is 338 g/mol. The van der Waals surface area contributed by atoms with Crippen LogP contribution < -0.4 is 15.6 Å². The van der Waals surface area contributed by atoms with Gasteiger partial charge in [-0.2, -0.15) is 0 Å². The Morgan fingerprint density at radius 1 is 1.30 bits per heavy atom. The molecule has 0 spiro atoms. The van der Waals surface area contributed by atoms with Gasteiger partial charge in [-0.3, -0.25) is 4.79 Å². The molecule has 0 atom stereocenters. The number of rotatable bonds is 2. The number of anilines is 1. The van der Waals surface area contributed by atoms with E-state index in [4.69, 9.17) is 11.6 Å². The van der Waals surface area contributed by atoms with Gasteiger partial charge in [-0.15, -0.1) is 0 Å². The van der Waals surface area contributed by atoms with Crippen LogP contribution in [0.25, 0.3) is 10.9 Å². The van der Waals surface area contributed by atoms with E-state index in [-0.39, 0.29) is 5.56 Å². The van der Waals surface area contributed by atoms with Gasteiger partial charge in [0.2, 0.25) is 5.43 Å². The Balaban J connectivity index is 1.96. The molecule has 0 unspecified atom stereocenters. The highest BCUT2D eigenvalue weighted by Crippen LogP contribution is 2.39. The normalized spacial score (nSPS) is 17.0. The summed E-state index contributed by atoms with van der Waals surface area (Å²) < 4.78 is 1.88. The van der Waals surface area contributed by atoms with E-state index in [9.17, 15) is 14.7 Å². The summed E-state index contributed by atoms with van der Waals surface area (Å²) in [5.41, 5.74) is 1.04. The van der Waals surface area contributed by atoms with Crippen molar-refractivity contribution in [3.05, 3.63) is 32.9 Å². The zero-order valence-electron chi connectivity index (χ0n) is 12.1. The van der Waals surface area contributed by atoms with Crippen LogP contribution in [-0.4, -0.2) is 41.8 Å². The maximum atomic E-state index is 12.5. The molecule has 3 heterocycles. The van der Waals surface area contributed by atoms with Crippen LogP contribution in [0.4, 0.5) is 5.69 Å². The first-order chi connectivity index (χ1) is 11.1. The molecule has 2 N–H and O–H groups in total. The minimum atomic E-state index is -1.19.